The molecule has 142 valence electrons. The van der Waals surface area contributed by atoms with Gasteiger partial charge >= 0.3 is 5.97 Å². The number of imidazole rings is 1. The first-order chi connectivity index (χ1) is 13.6. The van der Waals surface area contributed by atoms with E-state index in [-0.39, 0.29) is 6.61 Å². The molecule has 0 saturated carbocycles. The summed E-state index contributed by atoms with van der Waals surface area (Å²) in [4.78, 5) is 16.8. The molecule has 4 heteroatoms. The molecular formula is C24H24N2O2. The number of hydrogen-bond acceptors (Lipinski definition) is 3. The summed E-state index contributed by atoms with van der Waals surface area (Å²) in [6.45, 7) is 9.92. The number of nitrogens with zero attached hydrogens (tertiary/aromatic N) is 2. The molecule has 3 rings (SSSR count). The van der Waals surface area contributed by atoms with Crippen LogP contribution in [0.15, 0.2) is 85.5 Å². The van der Waals surface area contributed by atoms with Crippen molar-refractivity contribution in [1.29, 1.82) is 0 Å². The fraction of sp³-hybridized carbons (Fsp3) is 0.167. The monoisotopic (exact) mass is 372 g/mol. The van der Waals surface area contributed by atoms with Gasteiger partial charge in [-0.2, -0.15) is 0 Å². The molecule has 2 aromatic carbocycles. The summed E-state index contributed by atoms with van der Waals surface area (Å²) in [6, 6.07) is 20.2. The SMILES string of the molecule is C=CCc1nc(-c2ccccc2)n(Cc2ccccc2)c1COC(=O)C(=C)C. The predicted molar refractivity (Wildman–Crippen MR) is 112 cm³/mol. The fourth-order valence-electron chi connectivity index (χ4n) is 3.00. The van der Waals surface area contributed by atoms with Crippen molar-refractivity contribution in [3.63, 3.8) is 0 Å². The third-order valence-electron chi connectivity index (χ3n) is 4.40. The van der Waals surface area contributed by atoms with E-state index in [1.54, 1.807) is 6.92 Å². The summed E-state index contributed by atoms with van der Waals surface area (Å²) in [6.07, 6.45) is 2.41. The van der Waals surface area contributed by atoms with Crippen molar-refractivity contribution in [3.8, 4) is 11.4 Å². The Morgan fingerprint density at radius 2 is 1.75 bits per heavy atom. The van der Waals surface area contributed by atoms with Crippen LogP contribution in [0.1, 0.15) is 23.9 Å². The molecule has 0 aliphatic rings. The molecule has 0 unspecified atom stereocenters. The molecule has 1 aromatic heterocycles. The highest BCUT2D eigenvalue weighted by Crippen LogP contribution is 2.25. The number of ether oxygens (including phenoxy) is 1. The molecule has 0 radical (unpaired) electrons. The highest BCUT2D eigenvalue weighted by atomic mass is 16.5. The Kier molecular flexibility index (Phi) is 6.22. The Morgan fingerprint density at radius 3 is 2.36 bits per heavy atom. The molecule has 3 aromatic rings. The van der Waals surface area contributed by atoms with Gasteiger partial charge in [0.15, 0.2) is 0 Å². The van der Waals surface area contributed by atoms with E-state index in [4.69, 9.17) is 9.72 Å². The summed E-state index contributed by atoms with van der Waals surface area (Å²) in [5, 5.41) is 0. The zero-order chi connectivity index (χ0) is 19.9. The van der Waals surface area contributed by atoms with Gasteiger partial charge in [-0.3, -0.25) is 0 Å². The van der Waals surface area contributed by atoms with Crippen LogP contribution in [0.2, 0.25) is 0 Å². The molecule has 0 amide bonds. The van der Waals surface area contributed by atoms with Crippen LogP contribution in [0.4, 0.5) is 0 Å². The van der Waals surface area contributed by atoms with Crippen LogP contribution in [-0.4, -0.2) is 15.5 Å². The van der Waals surface area contributed by atoms with Crippen LogP contribution in [-0.2, 0) is 29.1 Å². The van der Waals surface area contributed by atoms with Gasteiger partial charge in [0.05, 0.1) is 11.4 Å². The minimum absolute atomic E-state index is 0.140. The molecule has 28 heavy (non-hydrogen) atoms. The Morgan fingerprint density at radius 1 is 1.11 bits per heavy atom. The van der Waals surface area contributed by atoms with Crippen molar-refractivity contribution in [3.05, 3.63) is 102 Å². The van der Waals surface area contributed by atoms with Gasteiger partial charge in [-0.1, -0.05) is 73.3 Å². The minimum atomic E-state index is -0.404. The standard InChI is InChI=1S/C24H24N2O2/c1-4-11-21-22(17-28-24(27)18(2)3)26(16-19-12-7-5-8-13-19)23(25-21)20-14-9-6-10-15-20/h4-10,12-15H,1-2,11,16-17H2,3H3. The van der Waals surface area contributed by atoms with Gasteiger partial charge < -0.3 is 9.30 Å². The maximum Gasteiger partial charge on any atom is 0.333 e. The van der Waals surface area contributed by atoms with Crippen molar-refractivity contribution in [2.24, 2.45) is 0 Å². The summed E-state index contributed by atoms with van der Waals surface area (Å²) in [5.74, 6) is 0.445. The van der Waals surface area contributed by atoms with Gasteiger partial charge in [-0.05, 0) is 12.5 Å². The number of benzene rings is 2. The molecule has 4 nitrogen and oxygen atoms in total. The topological polar surface area (TPSA) is 44.1 Å². The number of carbonyl (C=O) groups is 1. The number of allylic oxidation sites excluding steroid dienone is 1. The van der Waals surface area contributed by atoms with Gasteiger partial charge in [-0.25, -0.2) is 9.78 Å². The Bertz CT molecular complexity index is 973. The van der Waals surface area contributed by atoms with Crippen molar-refractivity contribution < 1.29 is 9.53 Å². The highest BCUT2D eigenvalue weighted by Gasteiger charge is 2.19. The molecule has 0 N–H and O–H groups in total. The van der Waals surface area contributed by atoms with Crippen molar-refractivity contribution in [2.45, 2.75) is 26.5 Å². The van der Waals surface area contributed by atoms with E-state index >= 15 is 0 Å². The molecule has 0 saturated heterocycles. The van der Waals surface area contributed by atoms with Crippen molar-refractivity contribution in [2.75, 3.05) is 0 Å². The Labute approximate surface area is 165 Å². The molecule has 0 fully saturated rings. The van der Waals surface area contributed by atoms with Crippen LogP contribution in [0.5, 0.6) is 0 Å². The lowest BCUT2D eigenvalue weighted by molar-refractivity contribution is -0.140. The van der Waals surface area contributed by atoms with Gasteiger partial charge in [0, 0.05) is 24.1 Å². The third-order valence-corrected chi connectivity index (χ3v) is 4.40. The first-order valence-corrected chi connectivity index (χ1v) is 9.21. The van der Waals surface area contributed by atoms with Gasteiger partial charge in [0.1, 0.15) is 12.4 Å². The largest absolute Gasteiger partial charge is 0.456 e. The van der Waals surface area contributed by atoms with Crippen LogP contribution < -0.4 is 0 Å². The molecule has 1 heterocycles. The molecular weight excluding hydrogens is 348 g/mol. The molecule has 0 aliphatic heterocycles. The van der Waals surface area contributed by atoms with Crippen LogP contribution in [0, 0.1) is 0 Å². The molecule has 0 bridgehead atoms. The predicted octanol–water partition coefficient (Wildman–Crippen LogP) is 4.95. The van der Waals surface area contributed by atoms with E-state index in [1.807, 2.05) is 54.6 Å². The quantitative estimate of drug-likeness (QED) is 0.319. The van der Waals surface area contributed by atoms with E-state index in [1.165, 1.54) is 0 Å². The average Bonchev–Trinajstić information content (AvgIpc) is 3.05. The van der Waals surface area contributed by atoms with E-state index in [9.17, 15) is 4.79 Å². The summed E-state index contributed by atoms with van der Waals surface area (Å²) >= 11 is 0. The lowest BCUT2D eigenvalue weighted by atomic mass is 10.2. The average molecular weight is 372 g/mol. The number of esters is 1. The number of hydrogen-bond donors (Lipinski definition) is 0. The molecule has 0 atom stereocenters. The number of carbonyl (C=O) groups excluding carboxylic acids is 1. The van der Waals surface area contributed by atoms with E-state index in [0.717, 1.165) is 28.3 Å². The maximum absolute atomic E-state index is 12.0. The zero-order valence-corrected chi connectivity index (χ0v) is 16.1. The third kappa shape index (κ3) is 4.46. The smallest absolute Gasteiger partial charge is 0.333 e. The van der Waals surface area contributed by atoms with Gasteiger partial charge in [-0.15, -0.1) is 6.58 Å². The first-order valence-electron chi connectivity index (χ1n) is 9.21. The zero-order valence-electron chi connectivity index (χ0n) is 16.1. The van der Waals surface area contributed by atoms with Crippen molar-refractivity contribution >= 4 is 5.97 Å². The number of aromatic nitrogens is 2. The summed E-state index contributed by atoms with van der Waals surface area (Å²) in [5.41, 5.74) is 4.27. The Balaban J connectivity index is 2.08. The Hall–Kier alpha value is -3.40. The summed E-state index contributed by atoms with van der Waals surface area (Å²) < 4.78 is 7.59. The first kappa shape index (κ1) is 19.4. The van der Waals surface area contributed by atoms with Crippen LogP contribution in [0.3, 0.4) is 0 Å². The van der Waals surface area contributed by atoms with E-state index in [2.05, 4.69) is 29.9 Å². The lowest BCUT2D eigenvalue weighted by Gasteiger charge is -2.13. The fourth-order valence-corrected chi connectivity index (χ4v) is 3.00. The van der Waals surface area contributed by atoms with E-state index < -0.39 is 5.97 Å². The minimum Gasteiger partial charge on any atom is -0.456 e. The van der Waals surface area contributed by atoms with Crippen LogP contribution >= 0.6 is 0 Å². The van der Waals surface area contributed by atoms with Gasteiger partial charge in [0.25, 0.3) is 0 Å². The van der Waals surface area contributed by atoms with E-state index in [0.29, 0.717) is 18.5 Å². The lowest BCUT2D eigenvalue weighted by Crippen LogP contribution is -2.12. The maximum atomic E-state index is 12.0. The summed E-state index contributed by atoms with van der Waals surface area (Å²) in [7, 11) is 0. The molecule has 0 aliphatic carbocycles. The second kappa shape index (κ2) is 9.00. The normalized spacial score (nSPS) is 10.5. The molecule has 0 spiro atoms. The van der Waals surface area contributed by atoms with Gasteiger partial charge in [0.2, 0.25) is 0 Å². The van der Waals surface area contributed by atoms with Crippen LogP contribution in [0.25, 0.3) is 11.4 Å². The number of rotatable bonds is 8. The van der Waals surface area contributed by atoms with Crippen molar-refractivity contribution in [1.82, 2.24) is 9.55 Å². The second-order valence-corrected chi connectivity index (χ2v) is 6.62. The second-order valence-electron chi connectivity index (χ2n) is 6.62. The highest BCUT2D eigenvalue weighted by molar-refractivity contribution is 5.86.